The molecule has 1 atom stereocenters. The number of hydrogen-bond acceptors (Lipinski definition) is 4. The molecule has 7 nitrogen and oxygen atoms in total. The third kappa shape index (κ3) is 6.73. The van der Waals surface area contributed by atoms with Gasteiger partial charge in [-0.25, -0.2) is 4.99 Å². The van der Waals surface area contributed by atoms with Crippen molar-refractivity contribution in [1.82, 2.24) is 15.5 Å². The molecule has 8 heteroatoms. The van der Waals surface area contributed by atoms with Crippen LogP contribution in [0.2, 0.25) is 0 Å². The highest BCUT2D eigenvalue weighted by molar-refractivity contribution is 14.0. The van der Waals surface area contributed by atoms with E-state index in [9.17, 15) is 9.90 Å². The van der Waals surface area contributed by atoms with Crippen LogP contribution in [0.5, 0.6) is 0 Å². The van der Waals surface area contributed by atoms with Crippen LogP contribution < -0.4 is 10.6 Å². The molecule has 1 amide bonds. The monoisotopic (exact) mass is 526 g/mol. The Hall–Kier alpha value is -2.07. The number of aliphatic hydroxyl groups is 1. The van der Waals surface area contributed by atoms with E-state index in [0.29, 0.717) is 31.2 Å². The maximum Gasteiger partial charge on any atom is 0.222 e. The predicted octanol–water partition coefficient (Wildman–Crippen LogP) is 2.98. The summed E-state index contributed by atoms with van der Waals surface area (Å²) in [7, 11) is 0. The normalized spacial score (nSPS) is 16.2. The lowest BCUT2D eigenvalue weighted by atomic mass is 10.0. The van der Waals surface area contributed by atoms with E-state index >= 15 is 0 Å². The van der Waals surface area contributed by atoms with Crippen molar-refractivity contribution in [3.63, 3.8) is 0 Å². The van der Waals surface area contributed by atoms with Gasteiger partial charge in [0, 0.05) is 26.1 Å². The van der Waals surface area contributed by atoms with E-state index in [0.717, 1.165) is 30.6 Å². The number of guanidine groups is 1. The van der Waals surface area contributed by atoms with Gasteiger partial charge in [-0.1, -0.05) is 24.3 Å². The zero-order chi connectivity index (χ0) is 20.7. The van der Waals surface area contributed by atoms with Gasteiger partial charge in [-0.2, -0.15) is 0 Å². The number of carbonyl (C=O) groups is 1. The maximum atomic E-state index is 11.8. The topological polar surface area (TPSA) is 90.1 Å². The Labute approximate surface area is 195 Å². The lowest BCUT2D eigenvalue weighted by molar-refractivity contribution is -0.128. The molecule has 0 spiro atoms. The van der Waals surface area contributed by atoms with Crippen LogP contribution in [0, 0.1) is 0 Å². The Balaban J connectivity index is 0.00000320. The van der Waals surface area contributed by atoms with Crippen LogP contribution >= 0.6 is 24.0 Å². The van der Waals surface area contributed by atoms with Gasteiger partial charge in [0.15, 0.2) is 5.96 Å². The smallest absolute Gasteiger partial charge is 0.222 e. The Morgan fingerprint density at radius 3 is 2.57 bits per heavy atom. The second kappa shape index (κ2) is 11.4. The largest absolute Gasteiger partial charge is 0.466 e. The van der Waals surface area contributed by atoms with Gasteiger partial charge in [0.1, 0.15) is 11.4 Å². The summed E-state index contributed by atoms with van der Waals surface area (Å²) in [6.07, 6.45) is 3.17. The summed E-state index contributed by atoms with van der Waals surface area (Å²) in [4.78, 5) is 18.3. The summed E-state index contributed by atoms with van der Waals surface area (Å²) in [5.74, 6) is 1.38. The number of nitrogens with one attached hydrogen (secondary N) is 2. The van der Waals surface area contributed by atoms with Crippen molar-refractivity contribution in [2.75, 3.05) is 19.6 Å². The van der Waals surface area contributed by atoms with Crippen LogP contribution in [0.3, 0.4) is 0 Å². The first-order valence-corrected chi connectivity index (χ1v) is 10.1. The minimum absolute atomic E-state index is 0. The van der Waals surface area contributed by atoms with Gasteiger partial charge < -0.3 is 25.1 Å². The molecule has 1 aromatic heterocycles. The average molecular weight is 526 g/mol. The SMILES string of the molecule is CCNC(=NCc1ccc(CN2CCCC2=O)cc1)NCC(C)(O)c1ccco1.I. The van der Waals surface area contributed by atoms with E-state index in [4.69, 9.17) is 4.42 Å². The minimum Gasteiger partial charge on any atom is -0.466 e. The number of amides is 1. The quantitative estimate of drug-likeness (QED) is 0.280. The second-order valence-corrected chi connectivity index (χ2v) is 7.54. The van der Waals surface area contributed by atoms with E-state index in [1.165, 1.54) is 0 Å². The first-order valence-electron chi connectivity index (χ1n) is 10.1. The van der Waals surface area contributed by atoms with Gasteiger partial charge in [0.25, 0.3) is 0 Å². The molecule has 0 radical (unpaired) electrons. The predicted molar refractivity (Wildman–Crippen MR) is 128 cm³/mol. The summed E-state index contributed by atoms with van der Waals surface area (Å²) < 4.78 is 5.31. The fourth-order valence-electron chi connectivity index (χ4n) is 3.28. The third-order valence-corrected chi connectivity index (χ3v) is 4.98. The summed E-state index contributed by atoms with van der Waals surface area (Å²) in [5.41, 5.74) is 1.08. The van der Waals surface area contributed by atoms with Gasteiger partial charge in [0.2, 0.25) is 5.91 Å². The molecule has 0 bridgehead atoms. The number of halogens is 1. The highest BCUT2D eigenvalue weighted by Gasteiger charge is 2.26. The second-order valence-electron chi connectivity index (χ2n) is 7.54. The standard InChI is InChI=1S/C22H30N4O3.HI/c1-3-23-21(25-16-22(2,28)19-6-5-13-29-19)24-14-17-8-10-18(11-9-17)15-26-12-4-7-20(26)27;/h5-6,8-11,13,28H,3-4,7,12,14-16H2,1-2H3,(H2,23,24,25);1H. The lowest BCUT2D eigenvalue weighted by Crippen LogP contribution is -2.44. The number of carbonyl (C=O) groups excluding carboxylic acids is 1. The molecule has 3 N–H and O–H groups in total. The van der Waals surface area contributed by atoms with Crippen molar-refractivity contribution in [2.45, 2.75) is 45.4 Å². The number of benzene rings is 1. The zero-order valence-corrected chi connectivity index (χ0v) is 19.9. The van der Waals surface area contributed by atoms with Gasteiger partial charge in [-0.3, -0.25) is 4.79 Å². The molecule has 2 heterocycles. The van der Waals surface area contributed by atoms with Gasteiger partial charge in [0.05, 0.1) is 19.4 Å². The molecule has 164 valence electrons. The summed E-state index contributed by atoms with van der Waals surface area (Å²) in [6, 6.07) is 11.7. The van der Waals surface area contributed by atoms with Crippen molar-refractivity contribution in [3.05, 3.63) is 59.5 Å². The van der Waals surface area contributed by atoms with E-state index < -0.39 is 5.60 Å². The molecule has 1 aliphatic heterocycles. The Morgan fingerprint density at radius 2 is 1.97 bits per heavy atom. The third-order valence-electron chi connectivity index (χ3n) is 4.98. The number of nitrogens with zero attached hydrogens (tertiary/aromatic N) is 2. The highest BCUT2D eigenvalue weighted by Crippen LogP contribution is 2.19. The highest BCUT2D eigenvalue weighted by atomic mass is 127. The van der Waals surface area contributed by atoms with E-state index in [1.807, 2.05) is 24.0 Å². The molecule has 2 aromatic rings. The molecule has 1 aromatic carbocycles. The van der Waals surface area contributed by atoms with Crippen molar-refractivity contribution in [3.8, 4) is 0 Å². The molecule has 1 saturated heterocycles. The number of likely N-dealkylation sites (tertiary alicyclic amines) is 1. The summed E-state index contributed by atoms with van der Waals surface area (Å²) in [6.45, 7) is 6.73. The Kier molecular flexibility index (Phi) is 9.16. The number of furan rings is 1. The Morgan fingerprint density at radius 1 is 1.23 bits per heavy atom. The molecule has 30 heavy (non-hydrogen) atoms. The molecule has 0 saturated carbocycles. The summed E-state index contributed by atoms with van der Waals surface area (Å²) >= 11 is 0. The van der Waals surface area contributed by atoms with Crippen LogP contribution in [-0.4, -0.2) is 41.5 Å². The van der Waals surface area contributed by atoms with Crippen LogP contribution in [0.15, 0.2) is 52.1 Å². The zero-order valence-electron chi connectivity index (χ0n) is 17.6. The van der Waals surface area contributed by atoms with Crippen molar-refractivity contribution in [2.24, 2.45) is 4.99 Å². The maximum absolute atomic E-state index is 11.8. The van der Waals surface area contributed by atoms with Crippen LogP contribution in [0.4, 0.5) is 0 Å². The molecule has 1 unspecified atom stereocenters. The number of hydrogen-bond donors (Lipinski definition) is 3. The number of aliphatic imine (C=N–C) groups is 1. The molecule has 1 fully saturated rings. The van der Waals surface area contributed by atoms with Crippen LogP contribution in [0.1, 0.15) is 43.6 Å². The van der Waals surface area contributed by atoms with Gasteiger partial charge in [-0.05, 0) is 43.5 Å². The van der Waals surface area contributed by atoms with E-state index in [1.54, 1.807) is 25.3 Å². The van der Waals surface area contributed by atoms with E-state index in [-0.39, 0.29) is 36.4 Å². The fourth-order valence-corrected chi connectivity index (χ4v) is 3.28. The average Bonchev–Trinajstić information content (AvgIpc) is 3.38. The fraction of sp³-hybridized carbons (Fsp3) is 0.455. The number of rotatable bonds is 8. The minimum atomic E-state index is -1.13. The van der Waals surface area contributed by atoms with Gasteiger partial charge in [-0.15, -0.1) is 24.0 Å². The first-order chi connectivity index (χ1) is 14.0. The molecular formula is C22H31IN4O3. The van der Waals surface area contributed by atoms with Crippen molar-refractivity contribution < 1.29 is 14.3 Å². The van der Waals surface area contributed by atoms with Crippen molar-refractivity contribution in [1.29, 1.82) is 0 Å². The van der Waals surface area contributed by atoms with E-state index in [2.05, 4.69) is 27.8 Å². The Bertz CT molecular complexity index is 819. The molecule has 1 aliphatic rings. The molecule has 0 aliphatic carbocycles. The first kappa shape index (κ1) is 24.2. The van der Waals surface area contributed by atoms with Crippen LogP contribution in [-0.2, 0) is 23.5 Å². The van der Waals surface area contributed by atoms with Crippen molar-refractivity contribution >= 4 is 35.8 Å². The lowest BCUT2D eigenvalue weighted by Gasteiger charge is -2.22. The molecule has 3 rings (SSSR count). The van der Waals surface area contributed by atoms with Crippen LogP contribution in [0.25, 0.3) is 0 Å². The van der Waals surface area contributed by atoms with Gasteiger partial charge >= 0.3 is 0 Å². The molecular weight excluding hydrogens is 495 g/mol. The summed E-state index contributed by atoms with van der Waals surface area (Å²) in [5, 5.41) is 16.9.